The van der Waals surface area contributed by atoms with E-state index in [1.54, 1.807) is 61.5 Å². The summed E-state index contributed by atoms with van der Waals surface area (Å²) < 4.78 is 57.9. The molecule has 250 valence electrons. The number of nitrogens with one attached hydrogen (secondary N) is 2. The number of rotatable bonds is 10. The third kappa shape index (κ3) is 8.08. The molecule has 4 atom stereocenters. The molecule has 13 nitrogen and oxygen atoms in total. The van der Waals surface area contributed by atoms with Crippen LogP contribution in [0.1, 0.15) is 29.3 Å². The first-order valence-electron chi connectivity index (χ1n) is 14.3. The Labute approximate surface area is 280 Å². The summed E-state index contributed by atoms with van der Waals surface area (Å²) >= 11 is 7.06. The van der Waals surface area contributed by atoms with Crippen molar-refractivity contribution in [2.24, 2.45) is 11.1 Å². The van der Waals surface area contributed by atoms with Gasteiger partial charge in [0.1, 0.15) is 27.7 Å². The van der Waals surface area contributed by atoms with Gasteiger partial charge < -0.3 is 20.1 Å². The molecule has 3 aromatic rings. The quantitative estimate of drug-likeness (QED) is 0.240. The summed E-state index contributed by atoms with van der Waals surface area (Å²) in [6.07, 6.45) is -1.10. The largest absolute Gasteiger partial charge is 0.488 e. The van der Waals surface area contributed by atoms with E-state index in [1.807, 2.05) is 0 Å². The molecule has 0 aliphatic carbocycles. The molecule has 2 aliphatic rings. The van der Waals surface area contributed by atoms with Crippen LogP contribution in [0.3, 0.4) is 0 Å². The first-order chi connectivity index (χ1) is 22.1. The second-order valence-corrected chi connectivity index (χ2v) is 15.8. The molecule has 3 aromatic carbocycles. The van der Waals surface area contributed by atoms with Crippen molar-refractivity contribution in [3.8, 4) is 5.75 Å². The first-order valence-corrected chi connectivity index (χ1v) is 18.7. The molecule has 0 saturated carbocycles. The number of primary sulfonamides is 1. The second-order valence-electron chi connectivity index (χ2n) is 11.2. The number of carbonyl (C=O) groups is 3. The van der Waals surface area contributed by atoms with Crippen LogP contribution in [-0.4, -0.2) is 74.4 Å². The fourth-order valence-corrected chi connectivity index (χ4v) is 8.70. The Hall–Kier alpha value is -3.67. The molecule has 2 heterocycles. The van der Waals surface area contributed by atoms with E-state index in [2.05, 4.69) is 10.0 Å². The molecule has 2 aliphatic heterocycles. The number of nitrogens with zero attached hydrogens (tertiary/aromatic N) is 1. The van der Waals surface area contributed by atoms with Crippen molar-refractivity contribution < 1.29 is 41.1 Å². The third-order valence-corrected chi connectivity index (χ3v) is 11.7. The number of carbonyl (C=O) groups excluding carboxylic acids is 2. The van der Waals surface area contributed by atoms with Crippen molar-refractivity contribution in [1.82, 2.24) is 9.62 Å². The lowest BCUT2D eigenvalue weighted by molar-refractivity contribution is -0.149. The highest BCUT2D eigenvalue weighted by Gasteiger charge is 2.42. The molecule has 0 bridgehead atoms. The standard InChI is InChI=1S/C30H31ClN4O9S3/c1-17(16-45-30(39)19-5-3-2-4-6-19)28(36)35-15-21(12-24(35)29(37)38)44-20-9-7-18(8-10-20)11-27-33-23-13-22(31)25(46(32,40)41)14-26(23)47(42,43)34-27/h2-10,13-14,17,21,24,27,33-34H,11-12,15-16H2,1H3,(H,37,38)(H2,32,40,41)/t17-,21?,24+,27?/m1/s1. The van der Waals surface area contributed by atoms with E-state index in [-0.39, 0.29) is 51.8 Å². The Kier molecular flexibility index (Phi) is 10.2. The predicted octanol–water partition coefficient (Wildman–Crippen LogP) is 2.90. The van der Waals surface area contributed by atoms with Crippen LogP contribution in [0, 0.1) is 5.92 Å². The van der Waals surface area contributed by atoms with Crippen LogP contribution < -0.4 is 19.9 Å². The highest BCUT2D eigenvalue weighted by Crippen LogP contribution is 2.34. The number of hydrogen-bond acceptors (Lipinski definition) is 10. The van der Waals surface area contributed by atoms with Gasteiger partial charge in [0.15, 0.2) is 0 Å². The number of halogens is 1. The van der Waals surface area contributed by atoms with Gasteiger partial charge in [-0.15, -0.1) is 0 Å². The molecule has 17 heteroatoms. The zero-order chi connectivity index (χ0) is 34.1. The lowest BCUT2D eigenvalue weighted by Crippen LogP contribution is -2.46. The number of likely N-dealkylation sites (tertiary alicyclic amines) is 1. The van der Waals surface area contributed by atoms with Gasteiger partial charge in [0.25, 0.3) is 0 Å². The zero-order valence-electron chi connectivity index (χ0n) is 24.8. The van der Waals surface area contributed by atoms with Crippen LogP contribution in [0.4, 0.5) is 5.69 Å². The van der Waals surface area contributed by atoms with Gasteiger partial charge in [0.05, 0.1) is 23.4 Å². The van der Waals surface area contributed by atoms with Gasteiger partial charge in [-0.1, -0.05) is 72.8 Å². The smallest absolute Gasteiger partial charge is 0.326 e. The summed E-state index contributed by atoms with van der Waals surface area (Å²) in [4.78, 5) is 38.2. The van der Waals surface area contributed by atoms with E-state index < -0.39 is 55.1 Å². The number of sulfonamides is 2. The molecule has 0 aromatic heterocycles. The van der Waals surface area contributed by atoms with Crippen LogP contribution in [0.2, 0.25) is 5.02 Å². The average Bonchev–Trinajstić information content (AvgIpc) is 3.43. The molecule has 47 heavy (non-hydrogen) atoms. The van der Waals surface area contributed by atoms with Crippen molar-refractivity contribution in [3.63, 3.8) is 0 Å². The highest BCUT2D eigenvalue weighted by atomic mass is 35.5. The van der Waals surface area contributed by atoms with Crippen LogP contribution in [-0.2, 0) is 36.1 Å². The van der Waals surface area contributed by atoms with Gasteiger partial charge in [-0.05, 0) is 29.8 Å². The summed E-state index contributed by atoms with van der Waals surface area (Å²) in [5.41, 5.74) is 1.36. The Morgan fingerprint density at radius 2 is 1.81 bits per heavy atom. The fourth-order valence-electron chi connectivity index (χ4n) is 5.35. The van der Waals surface area contributed by atoms with Crippen molar-refractivity contribution in [3.05, 3.63) is 82.9 Å². The fraction of sp³-hybridized carbons (Fsp3) is 0.300. The van der Waals surface area contributed by atoms with Crippen LogP contribution in [0.5, 0.6) is 5.75 Å². The maximum Gasteiger partial charge on any atom is 0.326 e. The number of carboxylic acid groups (broad SMARTS) is 1. The molecule has 0 radical (unpaired) electrons. The Morgan fingerprint density at radius 1 is 1.13 bits per heavy atom. The van der Waals surface area contributed by atoms with Crippen molar-refractivity contribution in [1.29, 1.82) is 0 Å². The molecule has 5 N–H and O–H groups in total. The molecular formula is C30H31ClN4O9S3. The lowest BCUT2D eigenvalue weighted by atomic mass is 10.1. The molecular weight excluding hydrogens is 692 g/mol. The van der Waals surface area contributed by atoms with Crippen molar-refractivity contribution in [2.75, 3.05) is 17.6 Å². The number of amides is 1. The number of benzene rings is 3. The summed E-state index contributed by atoms with van der Waals surface area (Å²) in [5, 5.41) is 17.6. The number of fused-ring (bicyclic) bond motifs is 1. The summed E-state index contributed by atoms with van der Waals surface area (Å²) in [6.45, 7) is 1.72. The highest BCUT2D eigenvalue weighted by molar-refractivity contribution is 8.14. The molecule has 1 saturated heterocycles. The normalized spacial score (nSPS) is 20.9. The van der Waals surface area contributed by atoms with E-state index >= 15 is 0 Å². The van der Waals surface area contributed by atoms with Gasteiger partial charge >= 0.3 is 5.97 Å². The zero-order valence-corrected chi connectivity index (χ0v) is 28.0. The van der Waals surface area contributed by atoms with E-state index in [0.29, 0.717) is 11.3 Å². The number of ether oxygens (including phenoxy) is 1. The maximum atomic E-state index is 13.2. The monoisotopic (exact) mass is 722 g/mol. The van der Waals surface area contributed by atoms with Gasteiger partial charge in [0.2, 0.25) is 31.1 Å². The molecule has 2 unspecified atom stereocenters. The average molecular weight is 723 g/mol. The third-order valence-electron chi connectivity index (χ3n) is 7.65. The van der Waals surface area contributed by atoms with E-state index in [4.69, 9.17) is 21.5 Å². The predicted molar refractivity (Wildman–Crippen MR) is 175 cm³/mol. The number of anilines is 1. The Balaban J connectivity index is 1.19. The second kappa shape index (κ2) is 13.8. The van der Waals surface area contributed by atoms with E-state index in [9.17, 15) is 36.3 Å². The van der Waals surface area contributed by atoms with Gasteiger partial charge in [-0.2, -0.15) is 4.72 Å². The number of carboxylic acids is 1. The van der Waals surface area contributed by atoms with Crippen LogP contribution in [0.25, 0.3) is 0 Å². The Bertz CT molecular complexity index is 1910. The first kappa shape index (κ1) is 34.7. The minimum Gasteiger partial charge on any atom is -0.488 e. The minimum atomic E-state index is -4.25. The topological polar surface area (TPSA) is 202 Å². The summed E-state index contributed by atoms with van der Waals surface area (Å²) in [6, 6.07) is 16.5. The number of nitrogens with two attached hydrogens (primary N) is 1. The van der Waals surface area contributed by atoms with Crippen molar-refractivity contribution >= 4 is 66.1 Å². The molecule has 1 fully saturated rings. The van der Waals surface area contributed by atoms with Crippen LogP contribution >= 0.6 is 23.4 Å². The minimum absolute atomic E-state index is 0.0576. The molecule has 0 spiro atoms. The van der Waals surface area contributed by atoms with Gasteiger partial charge in [-0.3, -0.25) is 9.59 Å². The van der Waals surface area contributed by atoms with E-state index in [0.717, 1.165) is 23.4 Å². The molecule has 1 amide bonds. The number of hydrogen-bond donors (Lipinski definition) is 4. The van der Waals surface area contributed by atoms with Crippen LogP contribution in [0.15, 0.2) is 76.5 Å². The maximum absolute atomic E-state index is 13.2. The lowest BCUT2D eigenvalue weighted by Gasteiger charge is -2.28. The molecule has 5 rings (SSSR count). The SMILES string of the molecule is C[C@H](CSC(=O)c1ccccc1)C(=O)N1CC(Oc2ccc(CC3Nc4cc(Cl)c(S(N)(=O)=O)cc4S(=O)(=O)N3)cc2)C[C@H]1C(=O)O. The van der Waals surface area contributed by atoms with Gasteiger partial charge in [-0.25, -0.2) is 26.8 Å². The Morgan fingerprint density at radius 3 is 2.45 bits per heavy atom. The number of thioether (sulfide) groups is 1. The van der Waals surface area contributed by atoms with E-state index in [1.165, 1.54) is 11.0 Å². The van der Waals surface area contributed by atoms with Gasteiger partial charge in [0, 0.05) is 30.1 Å². The summed E-state index contributed by atoms with van der Waals surface area (Å²) in [7, 11) is -8.35. The van der Waals surface area contributed by atoms with Crippen molar-refractivity contribution in [2.45, 2.75) is 47.9 Å². The number of aliphatic carboxylic acids is 1. The summed E-state index contributed by atoms with van der Waals surface area (Å²) in [5.74, 6) is -1.50.